The summed E-state index contributed by atoms with van der Waals surface area (Å²) in [6, 6.07) is 9.95. The van der Waals surface area contributed by atoms with Crippen LogP contribution < -0.4 is 61.5 Å². The molecule has 2 aliphatic rings. The number of allylic oxidation sites excluding steroid dienone is 4. The van der Waals surface area contributed by atoms with Crippen LogP contribution in [-0.2, 0) is 30.3 Å². The Kier molecular flexibility index (Phi) is 11.1. The minimum absolute atomic E-state index is 0. The molecule has 2 aliphatic heterocycles. The molecule has 10 nitrogen and oxygen atoms in total. The van der Waals surface area contributed by atoms with Crippen LogP contribution in [0.2, 0.25) is 0 Å². The molecule has 0 atom stereocenters. The maximum Gasteiger partial charge on any atom is 1.00 e. The first-order valence-electron chi connectivity index (χ1n) is 12.3. The number of fused-ring (bicyclic) bond motifs is 2. The van der Waals surface area contributed by atoms with Gasteiger partial charge >= 0.3 is 51.4 Å². The Morgan fingerprint density at radius 1 is 1.05 bits per heavy atom. The monoisotopic (exact) mass is 614 g/mol. The molecule has 0 fully saturated rings. The number of nitrogens with zero attached hydrogens (tertiary/aromatic N) is 2. The molecule has 0 aliphatic carbocycles. The van der Waals surface area contributed by atoms with Gasteiger partial charge < -0.3 is 24.9 Å². The van der Waals surface area contributed by atoms with Crippen LogP contribution in [0.1, 0.15) is 38.8 Å². The van der Waals surface area contributed by atoms with Crippen LogP contribution in [0, 0.1) is 0 Å². The quantitative estimate of drug-likeness (QED) is 0.0891. The molecule has 2 heterocycles. The number of anilines is 1. The van der Waals surface area contributed by atoms with Gasteiger partial charge in [0.25, 0.3) is 0 Å². The van der Waals surface area contributed by atoms with Gasteiger partial charge in [-0.1, -0.05) is 19.9 Å². The van der Waals surface area contributed by atoms with Crippen molar-refractivity contribution in [2.75, 3.05) is 31.2 Å². The molecule has 13 heteroatoms. The Bertz CT molecular complexity index is 1470. The van der Waals surface area contributed by atoms with E-state index in [4.69, 9.17) is 0 Å². The normalized spacial score (nSPS) is 18.4. The van der Waals surface area contributed by atoms with Crippen LogP contribution in [0.3, 0.4) is 0 Å². The Hall–Kier alpha value is -0.914. The smallest absolute Gasteiger partial charge is 0.744 e. The first-order chi connectivity index (χ1) is 18.4. The Morgan fingerprint density at radius 3 is 2.40 bits per heavy atom. The zero-order valence-electron chi connectivity index (χ0n) is 23.1. The van der Waals surface area contributed by atoms with E-state index < -0.39 is 20.9 Å². The van der Waals surface area contributed by atoms with E-state index in [1.165, 1.54) is 12.1 Å². The van der Waals surface area contributed by atoms with Gasteiger partial charge in [0.1, 0.15) is 16.7 Å². The van der Waals surface area contributed by atoms with Gasteiger partial charge in [-0.2, -0.15) is 8.91 Å². The minimum atomic E-state index is -4.62. The van der Waals surface area contributed by atoms with E-state index in [1.54, 1.807) is 12.1 Å². The van der Waals surface area contributed by atoms with Crippen LogP contribution in [-0.4, -0.2) is 59.8 Å². The van der Waals surface area contributed by atoms with Crippen LogP contribution in [0.15, 0.2) is 70.1 Å². The molecule has 0 amide bonds. The Labute approximate surface area is 281 Å². The molecule has 0 unspecified atom stereocenters. The van der Waals surface area contributed by atoms with Crippen LogP contribution >= 0.6 is 12.0 Å². The molecule has 2 aromatic rings. The summed E-state index contributed by atoms with van der Waals surface area (Å²) in [7, 11) is -4.62. The fourth-order valence-corrected chi connectivity index (χ4v) is 6.37. The third-order valence-electron chi connectivity index (χ3n) is 7.33. The van der Waals surface area contributed by atoms with Gasteiger partial charge in [-0.05, 0) is 55.8 Å². The number of rotatable bonds is 10. The molecule has 0 radical (unpaired) electrons. The van der Waals surface area contributed by atoms with E-state index in [0.29, 0.717) is 23.5 Å². The fourth-order valence-electron chi connectivity index (χ4n) is 5.48. The van der Waals surface area contributed by atoms with Crippen molar-refractivity contribution in [1.82, 2.24) is 0 Å². The zero-order chi connectivity index (χ0) is 28.6. The van der Waals surface area contributed by atoms with E-state index >= 15 is 0 Å². The molecule has 2 N–H and O–H groups in total. The van der Waals surface area contributed by atoms with Crippen molar-refractivity contribution in [1.29, 1.82) is 0 Å². The Balaban J connectivity index is 0.00000441. The molecule has 4 rings (SSSR count). The van der Waals surface area contributed by atoms with Crippen molar-refractivity contribution in [2.45, 2.75) is 48.3 Å². The van der Waals surface area contributed by atoms with Crippen molar-refractivity contribution < 1.29 is 93.8 Å². The predicted octanol–water partition coefficient (Wildman–Crippen LogP) is -0.576. The maximum absolute atomic E-state index is 11.7. The van der Waals surface area contributed by atoms with Crippen molar-refractivity contribution in [3.05, 3.63) is 71.5 Å². The fraction of sp³-hybridized carbons (Fsp3) is 0.370. The van der Waals surface area contributed by atoms with Gasteiger partial charge in [0.15, 0.2) is 12.3 Å². The largest absolute Gasteiger partial charge is 1.00 e. The van der Waals surface area contributed by atoms with E-state index in [-0.39, 0.29) is 69.5 Å². The number of hydrogen-bond donors (Lipinski definition) is 2. The molecule has 0 saturated heterocycles. The molecular weight excluding hydrogens is 584 g/mol. The summed E-state index contributed by atoms with van der Waals surface area (Å²) in [6.07, 6.45) is 5.79. The number of aliphatic hydroxyl groups is 2. The summed E-state index contributed by atoms with van der Waals surface area (Å²) < 4.78 is 41.5. The summed E-state index contributed by atoms with van der Waals surface area (Å²) in [4.78, 5) is 2.33. The molecular formula is C27H31KN2O8S2. The second-order valence-electron chi connectivity index (χ2n) is 10.3. The first kappa shape index (κ1) is 33.6. The third kappa shape index (κ3) is 6.37. The molecule has 0 aromatic heterocycles. The summed E-state index contributed by atoms with van der Waals surface area (Å²) >= 11 is 0.816. The average Bonchev–Trinajstić information content (AvgIpc) is 3.21. The van der Waals surface area contributed by atoms with Crippen molar-refractivity contribution in [2.24, 2.45) is 0 Å². The topological polar surface area (TPSA) is 145 Å². The summed E-state index contributed by atoms with van der Waals surface area (Å²) in [6.45, 7) is 8.49. The minimum Gasteiger partial charge on any atom is -0.744 e. The van der Waals surface area contributed by atoms with Crippen molar-refractivity contribution in [3.8, 4) is 0 Å². The van der Waals surface area contributed by atoms with Crippen LogP contribution in [0.4, 0.5) is 11.4 Å². The van der Waals surface area contributed by atoms with Gasteiger partial charge in [0.2, 0.25) is 5.69 Å². The summed E-state index contributed by atoms with van der Waals surface area (Å²) in [5, 5.41) is 33.3. The third-order valence-corrected chi connectivity index (χ3v) is 8.73. The number of β-amino-alcohol motifs (C(OH)–C–C–N with tert-alkyl or cyclic N) is 2. The van der Waals surface area contributed by atoms with E-state index in [0.717, 1.165) is 40.4 Å². The van der Waals surface area contributed by atoms with E-state index in [2.05, 4.69) is 23.2 Å². The molecule has 0 bridgehead atoms. The van der Waals surface area contributed by atoms with Crippen molar-refractivity contribution in [3.63, 3.8) is 0 Å². The predicted molar refractivity (Wildman–Crippen MR) is 143 cm³/mol. The number of hydrogen-bond acceptors (Lipinski definition) is 10. The second-order valence-corrected chi connectivity index (χ2v) is 12.5. The average molecular weight is 615 g/mol. The zero-order valence-corrected chi connectivity index (χ0v) is 27.8. The molecule has 2 aromatic carbocycles. The van der Waals surface area contributed by atoms with Gasteiger partial charge in [-0.25, -0.2) is 8.42 Å². The maximum atomic E-state index is 11.7. The molecule has 0 saturated carbocycles. The second kappa shape index (κ2) is 13.2. The molecule has 40 heavy (non-hydrogen) atoms. The van der Waals surface area contributed by atoms with Crippen LogP contribution in [0.25, 0.3) is 0 Å². The van der Waals surface area contributed by atoms with Gasteiger partial charge in [0, 0.05) is 45.9 Å². The number of aliphatic hydroxyl groups excluding tert-OH is 2. The van der Waals surface area contributed by atoms with Gasteiger partial charge in [-0.15, -0.1) is 0 Å². The first-order valence-corrected chi connectivity index (χ1v) is 14.4. The SMILES string of the molecule is CC1(C)C(C=C/C=C2/N(CCO)c3ccc(S(=O)(=O)[O-])cc3C2(C)C)=[N+](CCO)c2ccc(SOO[O-])cc21.[K+]. The van der Waals surface area contributed by atoms with Gasteiger partial charge in [-0.3, -0.25) is 5.04 Å². The van der Waals surface area contributed by atoms with Crippen LogP contribution in [0.5, 0.6) is 0 Å². The Morgan fingerprint density at radius 2 is 1.77 bits per heavy atom. The standard InChI is InChI=1S/C27H32N2O8S2.K/c1-26(2)20-16-18(38-37-36-32)8-10-22(20)28(12-14-30)24(26)6-5-7-25-27(3,4)21-17-19(39(33,34)35)9-11-23(21)29(25)13-15-31;/h5-11,16-17,30-31H,12-15H2,1-4H3,(H-,32,33,34,35);/q;+1/p-1. The van der Waals surface area contributed by atoms with Crippen molar-refractivity contribution >= 4 is 39.2 Å². The van der Waals surface area contributed by atoms with E-state index in [9.17, 15) is 28.4 Å². The molecule has 210 valence electrons. The molecule has 0 spiro atoms. The summed E-state index contributed by atoms with van der Waals surface area (Å²) in [5.41, 5.74) is 4.01. The van der Waals surface area contributed by atoms with Gasteiger partial charge in [0.05, 0.1) is 29.0 Å². The summed E-state index contributed by atoms with van der Waals surface area (Å²) in [5.74, 6) is 0. The number of benzene rings is 2. The van der Waals surface area contributed by atoms with E-state index in [1.807, 2.05) is 53.7 Å².